The second kappa shape index (κ2) is 11.7. The number of rotatable bonds is 12. The number of amides is 1. The topological polar surface area (TPSA) is 148 Å². The zero-order valence-electron chi connectivity index (χ0n) is 19.1. The Bertz CT molecular complexity index is 1050. The van der Waals surface area contributed by atoms with Crippen LogP contribution in [0.3, 0.4) is 0 Å². The average Bonchev–Trinajstić information content (AvgIpc) is 3.19. The Kier molecular flexibility index (Phi) is 9.82. The number of hydrogen-bond acceptors (Lipinski definition) is 10. The third-order valence-electron chi connectivity index (χ3n) is 4.88. The van der Waals surface area contributed by atoms with Crippen molar-refractivity contribution >= 4 is 43.3 Å². The summed E-state index contributed by atoms with van der Waals surface area (Å²) in [6, 6.07) is 0.877. The molecule has 2 atom stereocenters. The molecular weight excluding hydrogens is 494 g/mol. The number of esters is 1. The number of carbonyl (C=O) groups is 2. The second-order valence-electron chi connectivity index (χ2n) is 7.48. The molecule has 0 fully saturated rings. The lowest BCUT2D eigenvalue weighted by Gasteiger charge is -2.32. The number of nitrogens with zero attached hydrogens (tertiary/aromatic N) is 1. The van der Waals surface area contributed by atoms with E-state index in [4.69, 9.17) is 9.47 Å². The van der Waals surface area contributed by atoms with Crippen molar-refractivity contribution in [2.24, 2.45) is 0 Å². The fraction of sp³-hybridized carbons (Fsp3) is 0.684. The van der Waals surface area contributed by atoms with Crippen LogP contribution in [-0.4, -0.2) is 72.5 Å². The molecule has 11 nitrogen and oxygen atoms in total. The van der Waals surface area contributed by atoms with Crippen molar-refractivity contribution < 1.29 is 35.9 Å². The van der Waals surface area contributed by atoms with Crippen LogP contribution in [0.15, 0.2) is 14.5 Å². The van der Waals surface area contributed by atoms with Gasteiger partial charge in [0.25, 0.3) is 26.0 Å². The number of hydrogen-bond donors (Lipinski definition) is 2. The molecule has 0 bridgehead atoms. The lowest BCUT2D eigenvalue weighted by molar-refractivity contribution is -0.154. The highest BCUT2D eigenvalue weighted by Gasteiger charge is 2.40. The van der Waals surface area contributed by atoms with E-state index in [9.17, 15) is 26.4 Å². The van der Waals surface area contributed by atoms with E-state index in [1.54, 1.807) is 6.92 Å². The van der Waals surface area contributed by atoms with E-state index < -0.39 is 44.1 Å². The molecule has 1 aromatic rings. The van der Waals surface area contributed by atoms with Crippen LogP contribution in [0.25, 0.3) is 0 Å². The Labute approximate surface area is 198 Å². The lowest BCUT2D eigenvalue weighted by Crippen LogP contribution is -2.43. The highest BCUT2D eigenvalue weighted by Crippen LogP contribution is 2.40. The summed E-state index contributed by atoms with van der Waals surface area (Å²) >= 11 is 0.586. The van der Waals surface area contributed by atoms with Gasteiger partial charge in [-0.2, -0.15) is 4.31 Å². The van der Waals surface area contributed by atoms with E-state index in [1.165, 1.54) is 24.4 Å². The first-order valence-electron chi connectivity index (χ1n) is 10.6. The maximum atomic E-state index is 13.1. The number of nitrogens with one attached hydrogen (secondary N) is 2. The molecule has 0 saturated carbocycles. The van der Waals surface area contributed by atoms with E-state index in [1.807, 2.05) is 11.6 Å². The molecule has 0 saturated heterocycles. The molecule has 0 aromatic carbocycles. The summed E-state index contributed by atoms with van der Waals surface area (Å²) in [5.74, 6) is -1.63. The molecule has 2 N–H and O–H groups in total. The summed E-state index contributed by atoms with van der Waals surface area (Å²) < 4.78 is 64.7. The highest BCUT2D eigenvalue weighted by molar-refractivity contribution is 7.94. The highest BCUT2D eigenvalue weighted by atomic mass is 32.3. The molecule has 0 unspecified atom stereocenters. The molecule has 2 heterocycles. The van der Waals surface area contributed by atoms with E-state index >= 15 is 0 Å². The molecule has 1 aromatic heterocycles. The number of thiophene rings is 1. The van der Waals surface area contributed by atoms with E-state index in [-0.39, 0.29) is 27.9 Å². The van der Waals surface area contributed by atoms with Crippen molar-refractivity contribution in [2.75, 3.05) is 33.4 Å². The average molecular weight is 526 g/mol. The summed E-state index contributed by atoms with van der Waals surface area (Å²) in [5.41, 5.74) is 0.347. The van der Waals surface area contributed by atoms with E-state index in [0.29, 0.717) is 42.9 Å². The molecule has 1 aliphatic heterocycles. The predicted octanol–water partition coefficient (Wildman–Crippen LogP) is 0.976. The zero-order chi connectivity index (χ0) is 24.8. The quantitative estimate of drug-likeness (QED) is 0.301. The number of ether oxygens (including phenoxy) is 2. The van der Waals surface area contributed by atoms with Crippen molar-refractivity contribution in [1.29, 1.82) is 0 Å². The Morgan fingerprint density at radius 2 is 2.03 bits per heavy atom. The monoisotopic (exact) mass is 525 g/mol. The van der Waals surface area contributed by atoms with Gasteiger partial charge in [-0.15, -0.1) is 11.3 Å². The standard InChI is InChI=1S/C19H31N3O8S3/c1-5-8-16(23)30-13(3)18(24)21-32(25,26)17-11-14-15(20-6-2)12-22(9-7-10-29-4)33(27,28)19(14)31-17/h11,13,15,20H,5-10,12H2,1-4H3,(H,21,24)/t13-,15-/m0/s1. The van der Waals surface area contributed by atoms with Crippen LogP contribution < -0.4 is 10.0 Å². The molecule has 2 rings (SSSR count). The van der Waals surface area contributed by atoms with Crippen molar-refractivity contribution in [3.63, 3.8) is 0 Å². The van der Waals surface area contributed by atoms with Crippen molar-refractivity contribution in [2.45, 2.75) is 60.6 Å². The molecule has 1 amide bonds. The largest absolute Gasteiger partial charge is 0.453 e. The zero-order valence-corrected chi connectivity index (χ0v) is 21.6. The van der Waals surface area contributed by atoms with Gasteiger partial charge in [-0.3, -0.25) is 9.59 Å². The van der Waals surface area contributed by atoms with Gasteiger partial charge in [0.1, 0.15) is 8.42 Å². The summed E-state index contributed by atoms with van der Waals surface area (Å²) in [5, 5.41) is 3.19. The smallest absolute Gasteiger partial charge is 0.306 e. The van der Waals surface area contributed by atoms with Gasteiger partial charge in [-0.1, -0.05) is 13.8 Å². The molecule has 33 heavy (non-hydrogen) atoms. The molecule has 0 spiro atoms. The van der Waals surface area contributed by atoms with Gasteiger partial charge in [-0.05, 0) is 32.4 Å². The fourth-order valence-electron chi connectivity index (χ4n) is 3.26. The normalized spacial score (nSPS) is 19.0. The summed E-state index contributed by atoms with van der Waals surface area (Å²) in [4.78, 5) is 23.9. The van der Waals surface area contributed by atoms with Crippen molar-refractivity contribution in [3.05, 3.63) is 11.6 Å². The minimum absolute atomic E-state index is 0.0765. The van der Waals surface area contributed by atoms with Crippen LogP contribution in [0.5, 0.6) is 0 Å². The molecular formula is C19H31N3O8S3. The minimum Gasteiger partial charge on any atom is -0.453 e. The Morgan fingerprint density at radius 1 is 1.33 bits per heavy atom. The number of methoxy groups -OCH3 is 1. The molecule has 14 heteroatoms. The molecule has 0 radical (unpaired) electrons. The third-order valence-corrected chi connectivity index (χ3v) is 10.2. The van der Waals surface area contributed by atoms with Crippen molar-refractivity contribution in [1.82, 2.24) is 14.3 Å². The number of fused-ring (bicyclic) bond motifs is 1. The van der Waals surface area contributed by atoms with Gasteiger partial charge in [-0.25, -0.2) is 21.6 Å². The summed E-state index contributed by atoms with van der Waals surface area (Å²) in [7, 11) is -6.76. The first-order valence-corrected chi connectivity index (χ1v) is 14.3. The van der Waals surface area contributed by atoms with Gasteiger partial charge in [0.05, 0.1) is 0 Å². The first-order chi connectivity index (χ1) is 15.5. The van der Waals surface area contributed by atoms with Gasteiger partial charge >= 0.3 is 5.97 Å². The molecule has 188 valence electrons. The van der Waals surface area contributed by atoms with Gasteiger partial charge in [0.15, 0.2) is 6.10 Å². The van der Waals surface area contributed by atoms with E-state index in [2.05, 4.69) is 5.32 Å². The van der Waals surface area contributed by atoms with Crippen molar-refractivity contribution in [3.8, 4) is 0 Å². The van der Waals surface area contributed by atoms with Gasteiger partial charge < -0.3 is 14.8 Å². The molecule has 1 aliphatic rings. The maximum Gasteiger partial charge on any atom is 0.306 e. The number of likely N-dealkylation sites (N-methyl/N-ethyl adjacent to an activating group) is 1. The minimum atomic E-state index is -4.38. The maximum absolute atomic E-state index is 13.1. The van der Waals surface area contributed by atoms with Gasteiger partial charge in [0, 0.05) is 44.8 Å². The third kappa shape index (κ3) is 6.73. The number of sulfonamides is 2. The van der Waals surface area contributed by atoms with Crippen LogP contribution in [0.1, 0.15) is 51.6 Å². The van der Waals surface area contributed by atoms with Crippen LogP contribution in [0.2, 0.25) is 0 Å². The van der Waals surface area contributed by atoms with Gasteiger partial charge in [0.2, 0.25) is 0 Å². The fourth-order valence-corrected chi connectivity index (χ4v) is 8.19. The van der Waals surface area contributed by atoms with Crippen LogP contribution >= 0.6 is 11.3 Å². The number of carbonyl (C=O) groups excluding carboxylic acids is 2. The van der Waals surface area contributed by atoms with Crippen LogP contribution in [0.4, 0.5) is 0 Å². The van der Waals surface area contributed by atoms with E-state index in [0.717, 1.165) is 0 Å². The Balaban J connectivity index is 2.30. The van der Waals surface area contributed by atoms with Crippen LogP contribution in [0, 0.1) is 0 Å². The molecule has 0 aliphatic carbocycles. The Hall–Kier alpha value is -1.58. The Morgan fingerprint density at radius 3 is 2.64 bits per heavy atom. The second-order valence-corrected chi connectivity index (χ2v) is 12.6. The first kappa shape index (κ1) is 27.7. The summed E-state index contributed by atoms with van der Waals surface area (Å²) in [6.07, 6.45) is -0.198. The predicted molar refractivity (Wildman–Crippen MR) is 122 cm³/mol. The van der Waals surface area contributed by atoms with Crippen LogP contribution in [-0.2, 0) is 39.1 Å². The lowest BCUT2D eigenvalue weighted by atomic mass is 10.1. The SMILES string of the molecule is CCCC(=O)O[C@@H](C)C(=O)NS(=O)(=O)c1cc2c(s1)S(=O)(=O)N(CCCOC)C[C@@H]2NCC. The summed E-state index contributed by atoms with van der Waals surface area (Å²) in [6.45, 7) is 6.22.